The maximum Gasteiger partial charge on any atom is 0.255 e. The zero-order valence-electron chi connectivity index (χ0n) is 14.2. The van der Waals surface area contributed by atoms with Gasteiger partial charge in [0.2, 0.25) is 5.91 Å². The summed E-state index contributed by atoms with van der Waals surface area (Å²) in [7, 11) is 1.65. The quantitative estimate of drug-likeness (QED) is 0.929. The number of benzene rings is 1. The predicted molar refractivity (Wildman–Crippen MR) is 95.3 cm³/mol. The number of thiophene rings is 1. The summed E-state index contributed by atoms with van der Waals surface area (Å²) in [6.07, 6.45) is 0. The van der Waals surface area contributed by atoms with Gasteiger partial charge in [-0.05, 0) is 44.9 Å². The third-order valence-corrected chi connectivity index (χ3v) is 4.71. The molecule has 0 unspecified atom stereocenters. The first-order chi connectivity index (χ1) is 10.8. The van der Waals surface area contributed by atoms with Crippen molar-refractivity contribution in [1.29, 1.82) is 0 Å². The molecule has 2 amide bonds. The fraction of sp³-hybridized carbons (Fsp3) is 0.333. The monoisotopic (exact) mass is 330 g/mol. The Hall–Kier alpha value is -2.14. The molecule has 5 heteroatoms. The summed E-state index contributed by atoms with van der Waals surface area (Å²) in [5, 5.41) is 2.91. The van der Waals surface area contributed by atoms with Gasteiger partial charge in [0.05, 0.1) is 12.1 Å². The summed E-state index contributed by atoms with van der Waals surface area (Å²) in [6.45, 7) is 7.84. The highest BCUT2D eigenvalue weighted by Crippen LogP contribution is 2.22. The smallest absolute Gasteiger partial charge is 0.255 e. The summed E-state index contributed by atoms with van der Waals surface area (Å²) in [6, 6.07) is 7.74. The predicted octanol–water partition coefficient (Wildman–Crippen LogP) is 3.69. The Balaban J connectivity index is 2.05. The van der Waals surface area contributed by atoms with Gasteiger partial charge in [-0.1, -0.05) is 18.2 Å². The molecule has 2 rings (SSSR count). The minimum absolute atomic E-state index is 0.0287. The van der Waals surface area contributed by atoms with E-state index in [4.69, 9.17) is 0 Å². The van der Waals surface area contributed by atoms with E-state index in [0.717, 1.165) is 26.6 Å². The zero-order valence-corrected chi connectivity index (χ0v) is 15.0. The van der Waals surface area contributed by atoms with E-state index in [-0.39, 0.29) is 18.4 Å². The van der Waals surface area contributed by atoms with Crippen LogP contribution in [0.1, 0.15) is 31.2 Å². The molecule has 0 atom stereocenters. The number of hydrogen-bond acceptors (Lipinski definition) is 3. The minimum Gasteiger partial charge on any atom is -0.332 e. The van der Waals surface area contributed by atoms with Crippen LogP contribution in [0.5, 0.6) is 0 Å². The number of anilines is 1. The van der Waals surface area contributed by atoms with Crippen molar-refractivity contribution in [2.45, 2.75) is 27.7 Å². The summed E-state index contributed by atoms with van der Waals surface area (Å²) in [5.74, 6) is -0.314. The minimum atomic E-state index is -0.192. The Morgan fingerprint density at radius 1 is 1.13 bits per heavy atom. The Morgan fingerprint density at radius 3 is 2.26 bits per heavy atom. The molecule has 2 aromatic rings. The van der Waals surface area contributed by atoms with Crippen LogP contribution in [-0.4, -0.2) is 30.3 Å². The van der Waals surface area contributed by atoms with Crippen molar-refractivity contribution in [3.8, 4) is 0 Å². The summed E-state index contributed by atoms with van der Waals surface area (Å²) >= 11 is 1.59. The van der Waals surface area contributed by atoms with Crippen LogP contribution in [0.4, 0.5) is 5.69 Å². The second kappa shape index (κ2) is 6.96. The number of nitrogens with zero attached hydrogens (tertiary/aromatic N) is 1. The van der Waals surface area contributed by atoms with E-state index >= 15 is 0 Å². The van der Waals surface area contributed by atoms with Gasteiger partial charge in [-0.25, -0.2) is 0 Å². The lowest BCUT2D eigenvalue weighted by Crippen LogP contribution is -2.35. The Labute approximate surface area is 141 Å². The molecule has 0 aliphatic carbocycles. The largest absolute Gasteiger partial charge is 0.332 e. The fourth-order valence-electron chi connectivity index (χ4n) is 2.53. The average Bonchev–Trinajstić information content (AvgIpc) is 2.81. The van der Waals surface area contributed by atoms with E-state index in [9.17, 15) is 9.59 Å². The number of carbonyl (C=O) groups is 2. The molecule has 0 aliphatic rings. The lowest BCUT2D eigenvalue weighted by molar-refractivity contribution is -0.116. The van der Waals surface area contributed by atoms with Crippen molar-refractivity contribution in [2.75, 3.05) is 18.9 Å². The molecule has 0 radical (unpaired) electrons. The van der Waals surface area contributed by atoms with Crippen LogP contribution in [-0.2, 0) is 4.79 Å². The van der Waals surface area contributed by atoms with Gasteiger partial charge in [-0.3, -0.25) is 9.59 Å². The number of nitrogens with one attached hydrogen (secondary N) is 1. The van der Waals surface area contributed by atoms with Gasteiger partial charge in [-0.2, -0.15) is 0 Å². The van der Waals surface area contributed by atoms with Crippen molar-refractivity contribution in [3.63, 3.8) is 0 Å². The number of amides is 2. The molecule has 23 heavy (non-hydrogen) atoms. The van der Waals surface area contributed by atoms with Crippen LogP contribution < -0.4 is 5.32 Å². The SMILES string of the molecule is Cc1cc(C(=O)N(C)CC(=O)Nc2c(C)cccc2C)c(C)s1. The van der Waals surface area contributed by atoms with Crippen LogP contribution in [0.3, 0.4) is 0 Å². The van der Waals surface area contributed by atoms with Crippen molar-refractivity contribution in [1.82, 2.24) is 4.90 Å². The van der Waals surface area contributed by atoms with Gasteiger partial charge < -0.3 is 10.2 Å². The van der Waals surface area contributed by atoms with Crippen molar-refractivity contribution in [2.24, 2.45) is 0 Å². The molecule has 0 aliphatic heterocycles. The van der Waals surface area contributed by atoms with Gasteiger partial charge in [0.1, 0.15) is 0 Å². The molecule has 0 bridgehead atoms. The number of carbonyl (C=O) groups excluding carboxylic acids is 2. The summed E-state index contributed by atoms with van der Waals surface area (Å²) < 4.78 is 0. The van der Waals surface area contributed by atoms with E-state index < -0.39 is 0 Å². The summed E-state index contributed by atoms with van der Waals surface area (Å²) in [5.41, 5.74) is 3.52. The third-order valence-electron chi connectivity index (χ3n) is 3.74. The number of rotatable bonds is 4. The first-order valence-electron chi connectivity index (χ1n) is 7.48. The molecule has 0 fully saturated rings. The van der Waals surface area contributed by atoms with E-state index in [1.165, 1.54) is 4.90 Å². The van der Waals surface area contributed by atoms with Crippen LogP contribution in [0.25, 0.3) is 0 Å². The standard InChI is InChI=1S/C18H22N2O2S/c1-11-7-6-8-12(2)17(11)19-16(21)10-20(5)18(22)15-9-13(3)23-14(15)4/h6-9H,10H2,1-5H3,(H,19,21). The maximum absolute atomic E-state index is 12.5. The highest BCUT2D eigenvalue weighted by atomic mass is 32.1. The van der Waals surface area contributed by atoms with Gasteiger partial charge in [0.15, 0.2) is 0 Å². The van der Waals surface area contributed by atoms with E-state index in [1.807, 2.05) is 52.0 Å². The van der Waals surface area contributed by atoms with Crippen LogP contribution >= 0.6 is 11.3 Å². The molecular weight excluding hydrogens is 308 g/mol. The average molecular weight is 330 g/mol. The number of para-hydroxylation sites is 1. The molecular formula is C18H22N2O2S. The molecule has 1 heterocycles. The molecule has 0 saturated heterocycles. The van der Waals surface area contributed by atoms with E-state index in [0.29, 0.717) is 5.56 Å². The first kappa shape index (κ1) is 17.2. The van der Waals surface area contributed by atoms with Crippen LogP contribution in [0, 0.1) is 27.7 Å². The summed E-state index contributed by atoms with van der Waals surface area (Å²) in [4.78, 5) is 28.2. The molecule has 122 valence electrons. The maximum atomic E-state index is 12.5. The highest BCUT2D eigenvalue weighted by Gasteiger charge is 2.19. The second-order valence-corrected chi connectivity index (χ2v) is 7.26. The number of likely N-dealkylation sites (N-methyl/N-ethyl adjacent to an activating group) is 1. The molecule has 0 saturated carbocycles. The van der Waals surface area contributed by atoms with Crippen LogP contribution in [0.15, 0.2) is 24.3 Å². The Bertz CT molecular complexity index is 729. The molecule has 1 N–H and O–H groups in total. The fourth-order valence-corrected chi connectivity index (χ4v) is 3.44. The topological polar surface area (TPSA) is 49.4 Å². The van der Waals surface area contributed by atoms with Crippen molar-refractivity contribution in [3.05, 3.63) is 50.7 Å². The van der Waals surface area contributed by atoms with E-state index in [1.54, 1.807) is 18.4 Å². The van der Waals surface area contributed by atoms with Gasteiger partial charge in [0, 0.05) is 22.5 Å². The van der Waals surface area contributed by atoms with E-state index in [2.05, 4.69) is 5.32 Å². The lowest BCUT2D eigenvalue weighted by Gasteiger charge is -2.18. The third kappa shape index (κ3) is 3.99. The Morgan fingerprint density at radius 2 is 1.74 bits per heavy atom. The zero-order chi connectivity index (χ0) is 17.1. The van der Waals surface area contributed by atoms with Gasteiger partial charge in [-0.15, -0.1) is 11.3 Å². The molecule has 0 spiro atoms. The van der Waals surface area contributed by atoms with Crippen molar-refractivity contribution < 1.29 is 9.59 Å². The van der Waals surface area contributed by atoms with Crippen molar-refractivity contribution >= 4 is 28.8 Å². The molecule has 1 aromatic heterocycles. The van der Waals surface area contributed by atoms with Crippen LogP contribution in [0.2, 0.25) is 0 Å². The normalized spacial score (nSPS) is 10.5. The second-order valence-electron chi connectivity index (χ2n) is 5.80. The van der Waals surface area contributed by atoms with Gasteiger partial charge in [0.25, 0.3) is 5.91 Å². The molecule has 4 nitrogen and oxygen atoms in total. The van der Waals surface area contributed by atoms with Gasteiger partial charge >= 0.3 is 0 Å². The number of hydrogen-bond donors (Lipinski definition) is 1. The highest BCUT2D eigenvalue weighted by molar-refractivity contribution is 7.12. The lowest BCUT2D eigenvalue weighted by atomic mass is 10.1. The molecule has 1 aromatic carbocycles. The number of aryl methyl sites for hydroxylation is 4. The Kier molecular flexibility index (Phi) is 5.21. The first-order valence-corrected chi connectivity index (χ1v) is 8.29.